The van der Waals surface area contributed by atoms with Gasteiger partial charge in [-0.25, -0.2) is 9.18 Å². The van der Waals surface area contributed by atoms with Gasteiger partial charge < -0.3 is 14.8 Å². The Kier molecular flexibility index (Phi) is 5.92. The number of anilines is 1. The standard InChI is InChI=1S/C17H15BrFNO4/c1-10-3-5-14(12(18)7-10)20-16(21)9-24-17(22)11-4-6-15(23-2)13(19)8-11/h3-8H,9H2,1-2H3,(H,20,21). The normalized spacial score (nSPS) is 10.2. The van der Waals surface area contributed by atoms with Crippen molar-refractivity contribution < 1.29 is 23.5 Å². The highest BCUT2D eigenvalue weighted by Crippen LogP contribution is 2.23. The van der Waals surface area contributed by atoms with Crippen LogP contribution in [0.3, 0.4) is 0 Å². The van der Waals surface area contributed by atoms with Crippen LogP contribution in [-0.4, -0.2) is 25.6 Å². The van der Waals surface area contributed by atoms with Gasteiger partial charge in [-0.05, 0) is 58.7 Å². The predicted molar refractivity (Wildman–Crippen MR) is 90.7 cm³/mol. The van der Waals surface area contributed by atoms with Gasteiger partial charge in [0.15, 0.2) is 18.2 Å². The van der Waals surface area contributed by atoms with Crippen molar-refractivity contribution in [2.24, 2.45) is 0 Å². The molecule has 2 aromatic rings. The number of carbonyl (C=O) groups is 2. The van der Waals surface area contributed by atoms with E-state index in [2.05, 4.69) is 21.2 Å². The SMILES string of the molecule is COc1ccc(C(=O)OCC(=O)Nc2ccc(C)cc2Br)cc1F. The Balaban J connectivity index is 1.93. The summed E-state index contributed by atoms with van der Waals surface area (Å²) in [6.07, 6.45) is 0. The quantitative estimate of drug-likeness (QED) is 0.783. The molecule has 1 amide bonds. The Hall–Kier alpha value is -2.41. The van der Waals surface area contributed by atoms with Crippen molar-refractivity contribution in [1.82, 2.24) is 0 Å². The molecule has 0 fully saturated rings. The van der Waals surface area contributed by atoms with E-state index in [1.54, 1.807) is 6.07 Å². The fourth-order valence-corrected chi connectivity index (χ4v) is 2.51. The van der Waals surface area contributed by atoms with Gasteiger partial charge in [-0.2, -0.15) is 0 Å². The molecule has 1 N–H and O–H groups in total. The van der Waals surface area contributed by atoms with Crippen LogP contribution in [0.25, 0.3) is 0 Å². The highest BCUT2D eigenvalue weighted by molar-refractivity contribution is 9.10. The van der Waals surface area contributed by atoms with Crippen molar-refractivity contribution in [3.8, 4) is 5.75 Å². The van der Waals surface area contributed by atoms with E-state index in [1.807, 2.05) is 19.1 Å². The monoisotopic (exact) mass is 395 g/mol. The van der Waals surface area contributed by atoms with Gasteiger partial charge in [-0.3, -0.25) is 4.79 Å². The minimum absolute atomic E-state index is 0.00221. The largest absolute Gasteiger partial charge is 0.494 e. The lowest BCUT2D eigenvalue weighted by molar-refractivity contribution is -0.119. The predicted octanol–water partition coefficient (Wildman–Crippen LogP) is 3.70. The minimum atomic E-state index is -0.797. The van der Waals surface area contributed by atoms with Crippen LogP contribution in [0.4, 0.5) is 10.1 Å². The fourth-order valence-electron chi connectivity index (χ4n) is 1.92. The zero-order chi connectivity index (χ0) is 17.7. The summed E-state index contributed by atoms with van der Waals surface area (Å²) in [5.41, 5.74) is 1.60. The first-order valence-electron chi connectivity index (χ1n) is 6.97. The molecule has 126 valence electrons. The van der Waals surface area contributed by atoms with Gasteiger partial charge in [-0.15, -0.1) is 0 Å². The van der Waals surface area contributed by atoms with Crippen LogP contribution in [0.1, 0.15) is 15.9 Å². The molecule has 24 heavy (non-hydrogen) atoms. The summed E-state index contributed by atoms with van der Waals surface area (Å²) in [6.45, 7) is 1.44. The maximum Gasteiger partial charge on any atom is 0.338 e. The Labute approximate surface area is 146 Å². The molecule has 0 spiro atoms. The second-order valence-electron chi connectivity index (χ2n) is 4.96. The van der Waals surface area contributed by atoms with Gasteiger partial charge in [0.1, 0.15) is 0 Å². The van der Waals surface area contributed by atoms with E-state index in [0.29, 0.717) is 5.69 Å². The third-order valence-corrected chi connectivity index (χ3v) is 3.78. The number of halogens is 2. The number of nitrogens with one attached hydrogen (secondary N) is 1. The number of ether oxygens (including phenoxy) is 2. The zero-order valence-corrected chi connectivity index (χ0v) is 14.6. The smallest absolute Gasteiger partial charge is 0.338 e. The van der Waals surface area contributed by atoms with Gasteiger partial charge >= 0.3 is 5.97 Å². The second kappa shape index (κ2) is 7.92. The van der Waals surface area contributed by atoms with Crippen molar-refractivity contribution in [3.63, 3.8) is 0 Å². The molecule has 0 unspecified atom stereocenters. The van der Waals surface area contributed by atoms with Gasteiger partial charge in [0, 0.05) is 4.47 Å². The molecule has 2 rings (SSSR count). The minimum Gasteiger partial charge on any atom is -0.494 e. The summed E-state index contributed by atoms with van der Waals surface area (Å²) in [7, 11) is 1.32. The van der Waals surface area contributed by atoms with Gasteiger partial charge in [0.05, 0.1) is 18.4 Å². The molecule has 5 nitrogen and oxygen atoms in total. The van der Waals surface area contributed by atoms with E-state index >= 15 is 0 Å². The summed E-state index contributed by atoms with van der Waals surface area (Å²) in [6, 6.07) is 9.09. The van der Waals surface area contributed by atoms with Gasteiger partial charge in [-0.1, -0.05) is 6.07 Å². The number of amides is 1. The summed E-state index contributed by atoms with van der Waals surface area (Å²) in [5.74, 6) is -1.95. The first kappa shape index (κ1) is 17.9. The van der Waals surface area contributed by atoms with Crippen LogP contribution in [0.15, 0.2) is 40.9 Å². The molecule has 0 radical (unpaired) electrons. The van der Waals surface area contributed by atoms with Crippen LogP contribution in [-0.2, 0) is 9.53 Å². The van der Waals surface area contributed by atoms with Crippen LogP contribution in [0.2, 0.25) is 0 Å². The third-order valence-electron chi connectivity index (χ3n) is 3.12. The first-order valence-corrected chi connectivity index (χ1v) is 7.76. The first-order chi connectivity index (χ1) is 11.4. The highest BCUT2D eigenvalue weighted by atomic mass is 79.9. The summed E-state index contributed by atoms with van der Waals surface area (Å²) >= 11 is 3.34. The molecule has 0 saturated heterocycles. The molecule has 0 saturated carbocycles. The fraction of sp³-hybridized carbons (Fsp3) is 0.176. The molecule has 0 bridgehead atoms. The number of benzene rings is 2. The van der Waals surface area contributed by atoms with Crippen LogP contribution in [0, 0.1) is 12.7 Å². The lowest BCUT2D eigenvalue weighted by Gasteiger charge is -2.09. The van der Waals surface area contributed by atoms with E-state index in [9.17, 15) is 14.0 Å². The van der Waals surface area contributed by atoms with Crippen molar-refractivity contribution in [2.75, 3.05) is 19.0 Å². The van der Waals surface area contributed by atoms with Crippen LogP contribution in [0.5, 0.6) is 5.75 Å². The van der Waals surface area contributed by atoms with Crippen molar-refractivity contribution in [1.29, 1.82) is 0 Å². The van der Waals surface area contributed by atoms with Gasteiger partial charge in [0.2, 0.25) is 0 Å². The third kappa shape index (κ3) is 4.55. The average molecular weight is 396 g/mol. The number of carbonyl (C=O) groups excluding carboxylic acids is 2. The summed E-state index contributed by atoms with van der Waals surface area (Å²) in [5, 5.41) is 2.62. The maximum atomic E-state index is 13.6. The second-order valence-corrected chi connectivity index (χ2v) is 5.81. The van der Waals surface area contributed by atoms with Gasteiger partial charge in [0.25, 0.3) is 5.91 Å². The lowest BCUT2D eigenvalue weighted by atomic mass is 10.2. The van der Waals surface area contributed by atoms with Crippen LogP contribution >= 0.6 is 15.9 Å². The molecule has 7 heteroatoms. The molecule has 0 heterocycles. The van der Waals surface area contributed by atoms with E-state index in [4.69, 9.17) is 9.47 Å². The van der Waals surface area contributed by atoms with E-state index < -0.39 is 24.3 Å². The Bertz CT molecular complexity index is 779. The molecule has 0 aliphatic heterocycles. The molecule has 0 aliphatic carbocycles. The number of aryl methyl sites for hydroxylation is 1. The summed E-state index contributed by atoms with van der Waals surface area (Å²) in [4.78, 5) is 23.7. The number of rotatable bonds is 5. The van der Waals surface area contributed by atoms with E-state index in [-0.39, 0.29) is 11.3 Å². The molecule has 0 atom stereocenters. The Morgan fingerprint density at radius 1 is 1.21 bits per heavy atom. The number of esters is 1. The number of hydrogen-bond donors (Lipinski definition) is 1. The Morgan fingerprint density at radius 2 is 1.96 bits per heavy atom. The highest BCUT2D eigenvalue weighted by Gasteiger charge is 2.14. The van der Waals surface area contributed by atoms with Crippen molar-refractivity contribution in [3.05, 3.63) is 57.8 Å². The maximum absolute atomic E-state index is 13.6. The van der Waals surface area contributed by atoms with E-state index in [1.165, 1.54) is 19.2 Å². The van der Waals surface area contributed by atoms with Crippen molar-refractivity contribution in [2.45, 2.75) is 6.92 Å². The topological polar surface area (TPSA) is 64.6 Å². The molecule has 0 aliphatic rings. The average Bonchev–Trinajstić information content (AvgIpc) is 2.55. The molecular weight excluding hydrogens is 381 g/mol. The molecule has 0 aromatic heterocycles. The Morgan fingerprint density at radius 3 is 2.58 bits per heavy atom. The molecule has 2 aromatic carbocycles. The van der Waals surface area contributed by atoms with Crippen molar-refractivity contribution >= 4 is 33.5 Å². The molecular formula is C17H15BrFNO4. The summed E-state index contributed by atoms with van der Waals surface area (Å²) < 4.78 is 23.9. The number of hydrogen-bond acceptors (Lipinski definition) is 4. The number of methoxy groups -OCH3 is 1. The zero-order valence-electron chi connectivity index (χ0n) is 13.1. The van der Waals surface area contributed by atoms with Crippen LogP contribution < -0.4 is 10.1 Å². The van der Waals surface area contributed by atoms with E-state index in [0.717, 1.165) is 16.1 Å². The lowest BCUT2D eigenvalue weighted by Crippen LogP contribution is -2.21.